The van der Waals surface area contributed by atoms with Crippen molar-refractivity contribution in [3.05, 3.63) is 80.4 Å². The van der Waals surface area contributed by atoms with Crippen molar-refractivity contribution in [2.75, 3.05) is 14.2 Å². The van der Waals surface area contributed by atoms with Gasteiger partial charge in [0.05, 0.1) is 37.5 Å². The molecule has 31 heavy (non-hydrogen) atoms. The number of hydrogen-bond acceptors (Lipinski definition) is 7. The van der Waals surface area contributed by atoms with Crippen molar-refractivity contribution in [2.24, 2.45) is 0 Å². The molecule has 1 atom stereocenters. The van der Waals surface area contributed by atoms with E-state index >= 15 is 0 Å². The number of ether oxygens (including phenoxy) is 2. The Bertz CT molecular complexity index is 1420. The van der Waals surface area contributed by atoms with Crippen molar-refractivity contribution in [1.82, 2.24) is 4.98 Å². The average Bonchev–Trinajstić information content (AvgIpc) is 2.79. The van der Waals surface area contributed by atoms with Crippen molar-refractivity contribution in [3.63, 3.8) is 0 Å². The molecule has 0 saturated carbocycles. The first-order valence-corrected chi connectivity index (χ1v) is 9.45. The lowest BCUT2D eigenvalue weighted by Gasteiger charge is -2.17. The van der Waals surface area contributed by atoms with E-state index in [1.54, 1.807) is 42.5 Å². The van der Waals surface area contributed by atoms with Crippen molar-refractivity contribution in [1.29, 1.82) is 0 Å². The van der Waals surface area contributed by atoms with Crippen LogP contribution in [0.1, 0.15) is 23.7 Å². The highest BCUT2D eigenvalue weighted by Crippen LogP contribution is 2.34. The van der Waals surface area contributed by atoms with Crippen LogP contribution in [0.2, 0.25) is 0 Å². The summed E-state index contributed by atoms with van der Waals surface area (Å²) < 4.78 is 15.8. The maximum Gasteiger partial charge on any atom is 0.306 e. The molecule has 8 heteroatoms. The van der Waals surface area contributed by atoms with E-state index in [-0.39, 0.29) is 28.7 Å². The van der Waals surface area contributed by atoms with Crippen LogP contribution in [0.25, 0.3) is 21.9 Å². The zero-order valence-electron chi connectivity index (χ0n) is 16.8. The van der Waals surface area contributed by atoms with Crippen LogP contribution in [0.5, 0.6) is 11.5 Å². The van der Waals surface area contributed by atoms with Crippen LogP contribution in [-0.2, 0) is 9.53 Å². The number of aromatic hydroxyl groups is 1. The number of pyridine rings is 1. The van der Waals surface area contributed by atoms with Gasteiger partial charge in [0, 0.05) is 11.6 Å². The van der Waals surface area contributed by atoms with E-state index in [1.807, 2.05) is 0 Å². The first kappa shape index (κ1) is 20.2. The summed E-state index contributed by atoms with van der Waals surface area (Å²) >= 11 is 0. The lowest BCUT2D eigenvalue weighted by molar-refractivity contribution is -0.140. The number of methoxy groups -OCH3 is 2. The van der Waals surface area contributed by atoms with E-state index in [4.69, 9.17) is 13.9 Å². The number of H-pyrrole nitrogens is 1. The molecule has 8 nitrogen and oxygen atoms in total. The second kappa shape index (κ2) is 7.98. The predicted molar refractivity (Wildman–Crippen MR) is 114 cm³/mol. The standard InChI is InChI=1S/C23H19NO7/c1-29-13-8-7-12-9-16(23(28)24-17(12)10-13)15(11-19(25)30-2)22-21(27)20(26)14-5-3-4-6-18(14)31-22/h3-10,15,27H,11H2,1-2H3,(H,24,28). The topological polar surface area (TPSA) is 119 Å². The van der Waals surface area contributed by atoms with E-state index in [9.17, 15) is 19.5 Å². The van der Waals surface area contributed by atoms with E-state index < -0.39 is 28.6 Å². The largest absolute Gasteiger partial charge is 0.502 e. The number of aromatic amines is 1. The van der Waals surface area contributed by atoms with Gasteiger partial charge in [-0.25, -0.2) is 0 Å². The molecule has 2 aromatic heterocycles. The number of para-hydroxylation sites is 1. The molecule has 0 bridgehead atoms. The first-order chi connectivity index (χ1) is 14.9. The lowest BCUT2D eigenvalue weighted by atomic mass is 9.92. The van der Waals surface area contributed by atoms with Gasteiger partial charge >= 0.3 is 5.97 Å². The monoisotopic (exact) mass is 421 g/mol. The maximum atomic E-state index is 12.9. The van der Waals surface area contributed by atoms with Gasteiger partial charge in [0.1, 0.15) is 11.3 Å². The summed E-state index contributed by atoms with van der Waals surface area (Å²) in [5.41, 5.74) is -0.221. The summed E-state index contributed by atoms with van der Waals surface area (Å²) in [6, 6.07) is 13.2. The minimum atomic E-state index is -1.04. The Balaban J connectivity index is 1.96. The number of carbonyl (C=O) groups excluding carboxylic acids is 1. The van der Waals surface area contributed by atoms with Crippen LogP contribution < -0.4 is 15.7 Å². The van der Waals surface area contributed by atoms with E-state index in [0.717, 1.165) is 0 Å². The van der Waals surface area contributed by atoms with E-state index in [2.05, 4.69) is 4.98 Å². The number of benzene rings is 2. The minimum Gasteiger partial charge on any atom is -0.502 e. The van der Waals surface area contributed by atoms with Crippen molar-refractivity contribution < 1.29 is 23.8 Å². The number of nitrogens with one attached hydrogen (secondary N) is 1. The zero-order valence-corrected chi connectivity index (χ0v) is 16.8. The molecule has 0 amide bonds. The van der Waals surface area contributed by atoms with Gasteiger partial charge in [0.15, 0.2) is 5.76 Å². The van der Waals surface area contributed by atoms with Crippen LogP contribution in [0.3, 0.4) is 0 Å². The minimum absolute atomic E-state index is 0.150. The number of hydrogen-bond donors (Lipinski definition) is 2. The quantitative estimate of drug-likeness (QED) is 0.475. The summed E-state index contributed by atoms with van der Waals surface area (Å²) in [7, 11) is 2.73. The molecule has 2 heterocycles. The molecule has 0 fully saturated rings. The van der Waals surface area contributed by atoms with Crippen LogP contribution in [-0.4, -0.2) is 30.3 Å². The fourth-order valence-electron chi connectivity index (χ4n) is 3.56. The summed E-state index contributed by atoms with van der Waals surface area (Å²) in [6.07, 6.45) is -0.309. The molecule has 2 aromatic carbocycles. The van der Waals surface area contributed by atoms with Crippen LogP contribution in [0.4, 0.5) is 0 Å². The summed E-state index contributed by atoms with van der Waals surface area (Å²) in [5, 5.41) is 11.5. The van der Waals surface area contributed by atoms with Gasteiger partial charge in [-0.15, -0.1) is 0 Å². The van der Waals surface area contributed by atoms with Gasteiger partial charge in [0.2, 0.25) is 11.2 Å². The number of esters is 1. The summed E-state index contributed by atoms with van der Waals surface area (Å²) in [4.78, 5) is 40.5. The second-order valence-electron chi connectivity index (χ2n) is 6.98. The highest BCUT2D eigenvalue weighted by atomic mass is 16.5. The van der Waals surface area contributed by atoms with Crippen LogP contribution in [0.15, 0.2) is 62.5 Å². The Hall–Kier alpha value is -4.07. The molecular weight excluding hydrogens is 402 g/mol. The molecule has 0 aliphatic heterocycles. The van der Waals surface area contributed by atoms with Crippen molar-refractivity contribution >= 4 is 27.8 Å². The van der Waals surface area contributed by atoms with Gasteiger partial charge in [-0.3, -0.25) is 14.4 Å². The Morgan fingerprint density at radius 1 is 1.13 bits per heavy atom. The Kier molecular flexibility index (Phi) is 5.21. The van der Waals surface area contributed by atoms with Gasteiger partial charge in [-0.1, -0.05) is 12.1 Å². The molecule has 4 aromatic rings. The van der Waals surface area contributed by atoms with Crippen LogP contribution in [0, 0.1) is 0 Å². The highest BCUT2D eigenvalue weighted by molar-refractivity contribution is 5.82. The Morgan fingerprint density at radius 2 is 1.90 bits per heavy atom. The number of rotatable bonds is 5. The van der Waals surface area contributed by atoms with Crippen molar-refractivity contribution in [3.8, 4) is 11.5 Å². The van der Waals surface area contributed by atoms with E-state index in [0.29, 0.717) is 16.7 Å². The normalized spacial score (nSPS) is 12.1. The number of fused-ring (bicyclic) bond motifs is 2. The fourth-order valence-corrected chi connectivity index (χ4v) is 3.56. The van der Waals surface area contributed by atoms with Gasteiger partial charge in [-0.2, -0.15) is 0 Å². The molecule has 2 N–H and O–H groups in total. The number of carbonyl (C=O) groups is 1. The summed E-state index contributed by atoms with van der Waals surface area (Å²) in [6.45, 7) is 0. The van der Waals surface area contributed by atoms with Crippen molar-refractivity contribution in [2.45, 2.75) is 12.3 Å². The summed E-state index contributed by atoms with van der Waals surface area (Å²) in [5.74, 6) is -1.93. The third-order valence-electron chi connectivity index (χ3n) is 5.17. The molecule has 1 unspecified atom stereocenters. The molecular formula is C23H19NO7. The molecule has 0 spiro atoms. The Morgan fingerprint density at radius 3 is 2.65 bits per heavy atom. The maximum absolute atomic E-state index is 12.9. The molecule has 0 saturated heterocycles. The third kappa shape index (κ3) is 3.63. The van der Waals surface area contributed by atoms with Gasteiger partial charge in [0.25, 0.3) is 5.56 Å². The second-order valence-corrected chi connectivity index (χ2v) is 6.98. The SMILES string of the molecule is COC(=O)CC(c1oc2ccccc2c(=O)c1O)c1cc2ccc(OC)cc2[nH]c1=O. The first-order valence-electron chi connectivity index (χ1n) is 9.45. The molecule has 158 valence electrons. The average molecular weight is 421 g/mol. The third-order valence-corrected chi connectivity index (χ3v) is 5.17. The van der Waals surface area contributed by atoms with Crippen LogP contribution >= 0.6 is 0 Å². The zero-order chi connectivity index (χ0) is 22.1. The highest BCUT2D eigenvalue weighted by Gasteiger charge is 2.29. The van der Waals surface area contributed by atoms with Gasteiger partial charge < -0.3 is 24.0 Å². The number of aromatic nitrogens is 1. The Labute approximate surface area is 175 Å². The molecule has 0 radical (unpaired) electrons. The smallest absolute Gasteiger partial charge is 0.306 e. The lowest BCUT2D eigenvalue weighted by Crippen LogP contribution is -2.21. The fraction of sp³-hybridized carbons (Fsp3) is 0.174. The van der Waals surface area contributed by atoms with E-state index in [1.165, 1.54) is 20.3 Å². The molecule has 0 aliphatic rings. The predicted octanol–water partition coefficient (Wildman–Crippen LogP) is 3.04. The molecule has 0 aliphatic carbocycles. The molecule has 4 rings (SSSR count). The van der Waals surface area contributed by atoms with Gasteiger partial charge in [-0.05, 0) is 35.7 Å².